The molecule has 1 atom stereocenters. The van der Waals surface area contributed by atoms with E-state index in [4.69, 9.17) is 5.73 Å². The highest BCUT2D eigenvalue weighted by Gasteiger charge is 2.12. The van der Waals surface area contributed by atoms with E-state index in [1.54, 1.807) is 24.2 Å². The van der Waals surface area contributed by atoms with Crippen LogP contribution < -0.4 is 5.73 Å². The Balaban J connectivity index is 2.07. The van der Waals surface area contributed by atoms with Crippen molar-refractivity contribution in [2.75, 3.05) is 18.6 Å². The second-order valence-electron chi connectivity index (χ2n) is 3.64. The SMILES string of the molecule is COC(=O)C(N)CCSCCc1ccncc1. The van der Waals surface area contributed by atoms with Crippen molar-refractivity contribution in [3.05, 3.63) is 30.1 Å². The van der Waals surface area contributed by atoms with Gasteiger partial charge in [0.1, 0.15) is 6.04 Å². The van der Waals surface area contributed by atoms with Crippen LogP contribution in [-0.4, -0.2) is 35.6 Å². The fourth-order valence-electron chi connectivity index (χ4n) is 1.32. The lowest BCUT2D eigenvalue weighted by Gasteiger charge is -2.08. The lowest BCUT2D eigenvalue weighted by atomic mass is 10.2. The van der Waals surface area contributed by atoms with Gasteiger partial charge in [-0.05, 0) is 42.0 Å². The van der Waals surface area contributed by atoms with Crippen molar-refractivity contribution in [3.63, 3.8) is 0 Å². The molecule has 0 amide bonds. The summed E-state index contributed by atoms with van der Waals surface area (Å²) in [6, 6.07) is 3.54. The third-order valence-electron chi connectivity index (χ3n) is 2.36. The van der Waals surface area contributed by atoms with Crippen LogP contribution in [0.1, 0.15) is 12.0 Å². The predicted molar refractivity (Wildman–Crippen MR) is 69.9 cm³/mol. The largest absolute Gasteiger partial charge is 0.468 e. The van der Waals surface area contributed by atoms with Crippen LogP contribution in [0.4, 0.5) is 0 Å². The van der Waals surface area contributed by atoms with Gasteiger partial charge in [0.2, 0.25) is 0 Å². The molecule has 1 unspecified atom stereocenters. The molecule has 17 heavy (non-hydrogen) atoms. The predicted octanol–water partition coefficient (Wildman–Crippen LogP) is 1.25. The summed E-state index contributed by atoms with van der Waals surface area (Å²) in [5.41, 5.74) is 6.91. The van der Waals surface area contributed by atoms with E-state index >= 15 is 0 Å². The van der Waals surface area contributed by atoms with Crippen LogP contribution in [0.5, 0.6) is 0 Å². The zero-order chi connectivity index (χ0) is 12.5. The summed E-state index contributed by atoms with van der Waals surface area (Å²) in [6.07, 6.45) is 5.27. The maximum Gasteiger partial charge on any atom is 0.322 e. The molecule has 5 heteroatoms. The van der Waals surface area contributed by atoms with Gasteiger partial charge in [0.05, 0.1) is 7.11 Å². The van der Waals surface area contributed by atoms with E-state index < -0.39 is 6.04 Å². The third-order valence-corrected chi connectivity index (χ3v) is 3.38. The minimum atomic E-state index is -0.492. The van der Waals surface area contributed by atoms with Gasteiger partial charge in [-0.2, -0.15) is 11.8 Å². The molecular formula is C12H18N2O2S. The number of aromatic nitrogens is 1. The number of nitrogens with two attached hydrogens (primary N) is 1. The van der Waals surface area contributed by atoms with Gasteiger partial charge >= 0.3 is 5.97 Å². The minimum absolute atomic E-state index is 0.334. The standard InChI is InChI=1S/C12H18N2O2S/c1-16-12(15)11(13)5-9-17-8-4-10-2-6-14-7-3-10/h2-3,6-7,11H,4-5,8-9,13H2,1H3. The molecule has 0 saturated carbocycles. The number of carbonyl (C=O) groups is 1. The second-order valence-corrected chi connectivity index (χ2v) is 4.86. The number of methoxy groups -OCH3 is 1. The number of thioether (sulfide) groups is 1. The third kappa shape index (κ3) is 5.70. The number of pyridine rings is 1. The molecule has 0 aliphatic carbocycles. The monoisotopic (exact) mass is 254 g/mol. The maximum absolute atomic E-state index is 11.0. The molecule has 0 radical (unpaired) electrons. The number of esters is 1. The number of hydrogen-bond donors (Lipinski definition) is 1. The van der Waals surface area contributed by atoms with Crippen molar-refractivity contribution in [3.8, 4) is 0 Å². The molecule has 94 valence electrons. The van der Waals surface area contributed by atoms with E-state index in [1.807, 2.05) is 12.1 Å². The van der Waals surface area contributed by atoms with E-state index in [1.165, 1.54) is 12.7 Å². The van der Waals surface area contributed by atoms with Crippen molar-refractivity contribution >= 4 is 17.7 Å². The first-order chi connectivity index (χ1) is 8.24. The van der Waals surface area contributed by atoms with Gasteiger partial charge in [-0.3, -0.25) is 9.78 Å². The van der Waals surface area contributed by atoms with Gasteiger partial charge in [-0.25, -0.2) is 0 Å². The fraction of sp³-hybridized carbons (Fsp3) is 0.500. The highest BCUT2D eigenvalue weighted by atomic mass is 32.2. The number of rotatable bonds is 7. The zero-order valence-electron chi connectivity index (χ0n) is 9.96. The van der Waals surface area contributed by atoms with E-state index in [9.17, 15) is 4.79 Å². The highest BCUT2D eigenvalue weighted by Crippen LogP contribution is 2.08. The van der Waals surface area contributed by atoms with Crippen molar-refractivity contribution in [2.45, 2.75) is 18.9 Å². The Hall–Kier alpha value is -1.07. The fourth-order valence-corrected chi connectivity index (χ4v) is 2.33. The molecule has 0 saturated heterocycles. The molecule has 0 aromatic carbocycles. The topological polar surface area (TPSA) is 65.2 Å². The first-order valence-corrected chi connectivity index (χ1v) is 6.69. The van der Waals surface area contributed by atoms with Gasteiger partial charge < -0.3 is 10.5 Å². The molecule has 1 rings (SSSR count). The molecular weight excluding hydrogens is 236 g/mol. The number of hydrogen-bond acceptors (Lipinski definition) is 5. The van der Waals surface area contributed by atoms with E-state index in [0.29, 0.717) is 6.42 Å². The highest BCUT2D eigenvalue weighted by molar-refractivity contribution is 7.99. The first kappa shape index (κ1) is 14.0. The zero-order valence-corrected chi connectivity index (χ0v) is 10.8. The molecule has 0 bridgehead atoms. The maximum atomic E-state index is 11.0. The van der Waals surface area contributed by atoms with Crippen molar-refractivity contribution < 1.29 is 9.53 Å². The summed E-state index contributed by atoms with van der Waals surface area (Å²) >= 11 is 1.80. The smallest absolute Gasteiger partial charge is 0.322 e. The average molecular weight is 254 g/mol. The summed E-state index contributed by atoms with van der Waals surface area (Å²) < 4.78 is 4.56. The quantitative estimate of drug-likeness (QED) is 0.586. The molecule has 1 aromatic rings. The Morgan fingerprint density at radius 2 is 2.18 bits per heavy atom. The normalized spacial score (nSPS) is 12.1. The first-order valence-electron chi connectivity index (χ1n) is 5.54. The van der Waals surface area contributed by atoms with Gasteiger partial charge in [-0.15, -0.1) is 0 Å². The number of nitrogens with zero attached hydrogens (tertiary/aromatic N) is 1. The Morgan fingerprint density at radius 1 is 1.47 bits per heavy atom. The second kappa shape index (κ2) is 8.08. The molecule has 2 N–H and O–H groups in total. The van der Waals surface area contributed by atoms with E-state index in [0.717, 1.165) is 17.9 Å². The Bertz CT molecular complexity index is 333. The molecule has 0 aliphatic heterocycles. The van der Waals surface area contributed by atoms with Gasteiger partial charge in [0.25, 0.3) is 0 Å². The number of carbonyl (C=O) groups excluding carboxylic acids is 1. The number of ether oxygens (including phenoxy) is 1. The lowest BCUT2D eigenvalue weighted by molar-refractivity contribution is -0.142. The van der Waals surface area contributed by atoms with E-state index in [-0.39, 0.29) is 5.97 Å². The van der Waals surface area contributed by atoms with Crippen LogP contribution in [0.25, 0.3) is 0 Å². The summed E-state index contributed by atoms with van der Waals surface area (Å²) in [7, 11) is 1.36. The van der Waals surface area contributed by atoms with Crippen molar-refractivity contribution in [1.82, 2.24) is 4.98 Å². The Kier molecular flexibility index (Phi) is 6.65. The van der Waals surface area contributed by atoms with Crippen LogP contribution in [0, 0.1) is 0 Å². The molecule has 1 aromatic heterocycles. The summed E-state index contributed by atoms with van der Waals surface area (Å²) in [5, 5.41) is 0. The van der Waals surface area contributed by atoms with Crippen LogP contribution in [0.15, 0.2) is 24.5 Å². The van der Waals surface area contributed by atoms with Gasteiger partial charge in [0, 0.05) is 12.4 Å². The van der Waals surface area contributed by atoms with Crippen molar-refractivity contribution in [1.29, 1.82) is 0 Å². The van der Waals surface area contributed by atoms with Crippen LogP contribution in [0.2, 0.25) is 0 Å². The molecule has 4 nitrogen and oxygen atoms in total. The Labute approximate surface area is 106 Å². The van der Waals surface area contributed by atoms with Gasteiger partial charge in [-0.1, -0.05) is 0 Å². The van der Waals surface area contributed by atoms with E-state index in [2.05, 4.69) is 9.72 Å². The summed E-state index contributed by atoms with van der Waals surface area (Å²) in [5.74, 6) is 1.57. The minimum Gasteiger partial charge on any atom is -0.468 e. The molecule has 1 heterocycles. The summed E-state index contributed by atoms with van der Waals surface area (Å²) in [4.78, 5) is 15.0. The average Bonchev–Trinajstić information content (AvgIpc) is 2.38. The van der Waals surface area contributed by atoms with Crippen molar-refractivity contribution in [2.24, 2.45) is 5.73 Å². The van der Waals surface area contributed by atoms with Gasteiger partial charge in [0.15, 0.2) is 0 Å². The number of aryl methyl sites for hydroxylation is 1. The molecule has 0 fully saturated rings. The lowest BCUT2D eigenvalue weighted by Crippen LogP contribution is -2.32. The Morgan fingerprint density at radius 3 is 2.82 bits per heavy atom. The molecule has 0 aliphatic rings. The van der Waals surface area contributed by atoms with Crippen LogP contribution >= 0.6 is 11.8 Å². The van der Waals surface area contributed by atoms with Crippen LogP contribution in [-0.2, 0) is 16.0 Å². The molecule has 0 spiro atoms. The van der Waals surface area contributed by atoms with Crippen LogP contribution in [0.3, 0.4) is 0 Å². The summed E-state index contributed by atoms with van der Waals surface area (Å²) in [6.45, 7) is 0.